The van der Waals surface area contributed by atoms with Crippen molar-refractivity contribution in [3.05, 3.63) is 12.2 Å². The number of hydrogen-bond donors (Lipinski definition) is 3. The normalized spacial score (nSPS) is 25.7. The Balaban J connectivity index is 2.79. The molecule has 1 rings (SSSR count). The van der Waals surface area contributed by atoms with Gasteiger partial charge in [0, 0.05) is 17.9 Å². The maximum Gasteiger partial charge on any atom is 0.327 e. The molecule has 0 spiro atoms. The van der Waals surface area contributed by atoms with E-state index in [2.05, 4.69) is 10.6 Å². The van der Waals surface area contributed by atoms with Crippen LogP contribution in [0.2, 0.25) is 0 Å². The molecule has 0 aliphatic carbocycles. The summed E-state index contributed by atoms with van der Waals surface area (Å²) in [6.07, 6.45) is 8.24. The van der Waals surface area contributed by atoms with Crippen molar-refractivity contribution in [2.24, 2.45) is 0 Å². The highest BCUT2D eigenvalue weighted by Crippen LogP contribution is 2.23. The Bertz CT molecular complexity index is 460. The molecule has 0 aromatic carbocycles. The quantitative estimate of drug-likeness (QED) is 0.497. The van der Waals surface area contributed by atoms with Crippen LogP contribution in [0.25, 0.3) is 0 Å². The summed E-state index contributed by atoms with van der Waals surface area (Å²) >= 11 is 1.58. The SMILES string of the molecule is CSCC[C@H]1NC(=O)CC/C=C\CCSSC[C@H](C(=O)O)NC1=O. The van der Waals surface area contributed by atoms with Crippen LogP contribution in [-0.2, 0) is 14.4 Å². The molecular weight excluding hydrogens is 368 g/mol. The number of carbonyl (C=O) groups excluding carboxylic acids is 2. The van der Waals surface area contributed by atoms with E-state index < -0.39 is 24.0 Å². The van der Waals surface area contributed by atoms with Crippen molar-refractivity contribution in [2.75, 3.05) is 23.5 Å². The number of carbonyl (C=O) groups is 3. The molecule has 0 bridgehead atoms. The third-order valence-corrected chi connectivity index (χ3v) is 6.36. The summed E-state index contributed by atoms with van der Waals surface area (Å²) in [6, 6.07) is -1.65. The summed E-state index contributed by atoms with van der Waals surface area (Å²) in [6.45, 7) is 0. The number of amides is 2. The topological polar surface area (TPSA) is 95.5 Å². The van der Waals surface area contributed by atoms with Crippen LogP contribution < -0.4 is 10.6 Å². The van der Waals surface area contributed by atoms with E-state index in [1.54, 1.807) is 22.6 Å². The summed E-state index contributed by atoms with van der Waals surface area (Å²) < 4.78 is 0. The van der Waals surface area contributed by atoms with E-state index in [1.165, 1.54) is 10.8 Å². The first kappa shape index (κ1) is 21.2. The fourth-order valence-corrected chi connectivity index (χ4v) is 4.58. The van der Waals surface area contributed by atoms with Crippen LogP contribution in [0.5, 0.6) is 0 Å². The maximum absolute atomic E-state index is 12.4. The highest BCUT2D eigenvalue weighted by Gasteiger charge is 2.26. The minimum atomic E-state index is -1.06. The molecule has 3 N–H and O–H groups in total. The summed E-state index contributed by atoms with van der Waals surface area (Å²) in [5, 5.41) is 14.6. The van der Waals surface area contributed by atoms with Gasteiger partial charge in [-0.05, 0) is 31.3 Å². The highest BCUT2D eigenvalue weighted by molar-refractivity contribution is 8.76. The van der Waals surface area contributed by atoms with Gasteiger partial charge >= 0.3 is 5.97 Å². The van der Waals surface area contributed by atoms with Crippen LogP contribution >= 0.6 is 33.3 Å². The van der Waals surface area contributed by atoms with Crippen molar-refractivity contribution >= 4 is 51.1 Å². The Morgan fingerprint density at radius 1 is 1.29 bits per heavy atom. The number of rotatable bonds is 4. The molecule has 1 aliphatic rings. The first-order chi connectivity index (χ1) is 11.5. The van der Waals surface area contributed by atoms with Crippen molar-refractivity contribution < 1.29 is 19.5 Å². The molecule has 0 unspecified atom stereocenters. The number of aliphatic carboxylic acids is 1. The summed E-state index contributed by atoms with van der Waals surface area (Å²) in [7, 11) is 3.03. The van der Waals surface area contributed by atoms with E-state index in [4.69, 9.17) is 0 Å². The molecule has 1 aliphatic heterocycles. The fourth-order valence-electron chi connectivity index (χ4n) is 1.96. The molecule has 0 fully saturated rings. The van der Waals surface area contributed by atoms with E-state index in [0.717, 1.165) is 12.2 Å². The Hall–Kier alpha value is -0.800. The molecule has 6 nitrogen and oxygen atoms in total. The van der Waals surface area contributed by atoms with Gasteiger partial charge in [0.15, 0.2) is 0 Å². The van der Waals surface area contributed by atoms with Gasteiger partial charge in [0.2, 0.25) is 11.8 Å². The van der Waals surface area contributed by atoms with Gasteiger partial charge in [-0.25, -0.2) is 4.79 Å². The fraction of sp³-hybridized carbons (Fsp3) is 0.667. The van der Waals surface area contributed by atoms with Crippen molar-refractivity contribution in [3.63, 3.8) is 0 Å². The maximum atomic E-state index is 12.4. The van der Waals surface area contributed by atoms with Gasteiger partial charge in [-0.2, -0.15) is 11.8 Å². The van der Waals surface area contributed by atoms with E-state index in [-0.39, 0.29) is 5.91 Å². The van der Waals surface area contributed by atoms with E-state index in [1.807, 2.05) is 18.4 Å². The van der Waals surface area contributed by atoms with Gasteiger partial charge in [0.1, 0.15) is 12.1 Å². The second kappa shape index (κ2) is 12.5. The van der Waals surface area contributed by atoms with Crippen molar-refractivity contribution in [1.29, 1.82) is 0 Å². The second-order valence-electron chi connectivity index (χ2n) is 5.21. The number of thioether (sulfide) groups is 1. The minimum Gasteiger partial charge on any atom is -0.480 e. The average Bonchev–Trinajstić information content (AvgIpc) is 2.55. The predicted octanol–water partition coefficient (Wildman–Crippen LogP) is 1.92. The zero-order valence-electron chi connectivity index (χ0n) is 13.7. The summed E-state index contributed by atoms with van der Waals surface area (Å²) in [4.78, 5) is 35.7. The van der Waals surface area contributed by atoms with Gasteiger partial charge < -0.3 is 15.7 Å². The molecule has 0 radical (unpaired) electrons. The third kappa shape index (κ3) is 8.89. The Morgan fingerprint density at radius 2 is 2.04 bits per heavy atom. The van der Waals surface area contributed by atoms with Gasteiger partial charge in [0.05, 0.1) is 0 Å². The number of nitrogens with one attached hydrogen (secondary N) is 2. The lowest BCUT2D eigenvalue weighted by Crippen LogP contribution is -2.52. The molecule has 0 aromatic rings. The smallest absolute Gasteiger partial charge is 0.327 e. The lowest BCUT2D eigenvalue weighted by atomic mass is 10.1. The monoisotopic (exact) mass is 392 g/mol. The largest absolute Gasteiger partial charge is 0.480 e. The number of hydrogen-bond acceptors (Lipinski definition) is 6. The van der Waals surface area contributed by atoms with E-state index >= 15 is 0 Å². The van der Waals surface area contributed by atoms with Crippen molar-refractivity contribution in [2.45, 2.75) is 37.8 Å². The van der Waals surface area contributed by atoms with E-state index in [0.29, 0.717) is 30.8 Å². The van der Waals surface area contributed by atoms with Crippen LogP contribution in [0.1, 0.15) is 25.7 Å². The zero-order chi connectivity index (χ0) is 17.8. The van der Waals surface area contributed by atoms with Gasteiger partial charge in [-0.1, -0.05) is 33.7 Å². The molecular formula is C15H24N2O4S3. The first-order valence-corrected chi connectivity index (χ1v) is 11.6. The summed E-state index contributed by atoms with van der Waals surface area (Å²) in [5.41, 5.74) is 0. The molecule has 0 saturated carbocycles. The highest BCUT2D eigenvalue weighted by atomic mass is 33.1. The standard InChI is InChI=1S/C15H24N2O4S3/c1-22-9-7-11-14(19)17-12(15(20)21)10-24-23-8-5-3-2-4-6-13(18)16-11/h2-3,11-12H,4-10H2,1H3,(H,16,18)(H,17,19)(H,20,21)/b3-2-/t11-,12-/m1/s1. The Kier molecular flexibility index (Phi) is 11.1. The third-order valence-electron chi connectivity index (χ3n) is 3.27. The molecule has 2 amide bonds. The minimum absolute atomic E-state index is 0.189. The Labute approximate surface area is 154 Å². The number of carboxylic acids is 1. The van der Waals surface area contributed by atoms with Gasteiger partial charge in [-0.15, -0.1) is 0 Å². The van der Waals surface area contributed by atoms with Crippen LogP contribution in [0.3, 0.4) is 0 Å². The zero-order valence-corrected chi connectivity index (χ0v) is 16.1. The molecule has 136 valence electrons. The summed E-state index contributed by atoms with van der Waals surface area (Å²) in [5.74, 6) is 0.186. The molecule has 1 heterocycles. The molecule has 9 heteroatoms. The molecule has 2 atom stereocenters. The van der Waals surface area contributed by atoms with Gasteiger partial charge in [0.25, 0.3) is 0 Å². The van der Waals surface area contributed by atoms with Crippen molar-refractivity contribution in [3.8, 4) is 0 Å². The number of carboxylic acid groups (broad SMARTS) is 1. The van der Waals surface area contributed by atoms with Crippen LogP contribution in [0.15, 0.2) is 12.2 Å². The molecule has 0 aromatic heterocycles. The molecule has 0 saturated heterocycles. The van der Waals surface area contributed by atoms with Crippen LogP contribution in [0.4, 0.5) is 0 Å². The van der Waals surface area contributed by atoms with Crippen molar-refractivity contribution in [1.82, 2.24) is 10.6 Å². The molecule has 24 heavy (non-hydrogen) atoms. The number of allylic oxidation sites excluding steroid dienone is 2. The predicted molar refractivity (Wildman–Crippen MR) is 102 cm³/mol. The lowest BCUT2D eigenvalue weighted by molar-refractivity contribution is -0.141. The van der Waals surface area contributed by atoms with Gasteiger partial charge in [-0.3, -0.25) is 9.59 Å². The Morgan fingerprint density at radius 3 is 2.75 bits per heavy atom. The second-order valence-corrected chi connectivity index (χ2v) is 8.82. The lowest BCUT2D eigenvalue weighted by Gasteiger charge is -2.21. The van der Waals surface area contributed by atoms with Crippen LogP contribution in [0, 0.1) is 0 Å². The average molecular weight is 393 g/mol. The van der Waals surface area contributed by atoms with E-state index in [9.17, 15) is 19.5 Å². The van der Waals surface area contributed by atoms with Crippen LogP contribution in [-0.4, -0.2) is 58.5 Å². The first-order valence-electron chi connectivity index (χ1n) is 7.75.